The minimum absolute atomic E-state index is 0.0297. The zero-order valence-corrected chi connectivity index (χ0v) is 9.45. The summed E-state index contributed by atoms with van der Waals surface area (Å²) in [5.41, 5.74) is -2.29. The molecule has 1 amide bonds. The van der Waals surface area contributed by atoms with E-state index in [1.54, 1.807) is 6.92 Å². The standard InChI is InChI=1S/C10H17NO5/c1-9(5-12)6-16-10(2,8(14)15)4-3-7(13)11-9/h12H,3-6H2,1-2H3,(H,11,13)(H,14,15). The van der Waals surface area contributed by atoms with Crippen LogP contribution in [0.15, 0.2) is 0 Å². The summed E-state index contributed by atoms with van der Waals surface area (Å²) in [4.78, 5) is 22.5. The van der Waals surface area contributed by atoms with Crippen molar-refractivity contribution >= 4 is 11.9 Å². The van der Waals surface area contributed by atoms with Gasteiger partial charge in [-0.05, 0) is 20.3 Å². The molecule has 0 bridgehead atoms. The third-order valence-corrected chi connectivity index (χ3v) is 2.78. The van der Waals surface area contributed by atoms with Crippen molar-refractivity contribution in [1.29, 1.82) is 0 Å². The molecule has 0 aromatic rings. The number of ether oxygens (including phenoxy) is 1. The molecule has 1 aliphatic rings. The summed E-state index contributed by atoms with van der Waals surface area (Å²) < 4.78 is 5.31. The van der Waals surface area contributed by atoms with Crippen LogP contribution in [0.2, 0.25) is 0 Å². The van der Waals surface area contributed by atoms with Gasteiger partial charge < -0.3 is 20.3 Å². The van der Waals surface area contributed by atoms with Gasteiger partial charge in [0.2, 0.25) is 5.91 Å². The number of carboxylic acid groups (broad SMARTS) is 1. The maximum atomic E-state index is 11.5. The maximum absolute atomic E-state index is 11.5. The van der Waals surface area contributed by atoms with Crippen molar-refractivity contribution in [2.24, 2.45) is 0 Å². The summed E-state index contributed by atoms with van der Waals surface area (Å²) in [5.74, 6) is -1.37. The molecule has 92 valence electrons. The van der Waals surface area contributed by atoms with Crippen molar-refractivity contribution < 1.29 is 24.5 Å². The van der Waals surface area contributed by atoms with Gasteiger partial charge in [-0.2, -0.15) is 0 Å². The third-order valence-electron chi connectivity index (χ3n) is 2.78. The van der Waals surface area contributed by atoms with Gasteiger partial charge in [-0.15, -0.1) is 0 Å². The zero-order chi connectivity index (χ0) is 12.4. The molecule has 1 aliphatic heterocycles. The van der Waals surface area contributed by atoms with Crippen molar-refractivity contribution in [2.75, 3.05) is 13.2 Å². The molecule has 0 spiro atoms. The minimum Gasteiger partial charge on any atom is -0.479 e. The van der Waals surface area contributed by atoms with E-state index in [2.05, 4.69) is 5.32 Å². The molecule has 2 atom stereocenters. The number of hydrogen-bond donors (Lipinski definition) is 3. The summed E-state index contributed by atoms with van der Waals surface area (Å²) in [6.07, 6.45) is 0.189. The number of carbonyl (C=O) groups is 2. The first-order valence-electron chi connectivity index (χ1n) is 5.11. The van der Waals surface area contributed by atoms with E-state index in [1.807, 2.05) is 0 Å². The van der Waals surface area contributed by atoms with Gasteiger partial charge in [0.05, 0.1) is 18.8 Å². The molecule has 1 rings (SSSR count). The van der Waals surface area contributed by atoms with Crippen LogP contribution in [0.1, 0.15) is 26.7 Å². The molecule has 6 nitrogen and oxygen atoms in total. The van der Waals surface area contributed by atoms with Crippen LogP contribution in [-0.2, 0) is 14.3 Å². The van der Waals surface area contributed by atoms with E-state index in [9.17, 15) is 9.59 Å². The van der Waals surface area contributed by atoms with Gasteiger partial charge in [-0.3, -0.25) is 4.79 Å². The first kappa shape index (κ1) is 12.9. The topological polar surface area (TPSA) is 95.9 Å². The second-order valence-electron chi connectivity index (χ2n) is 4.59. The molecule has 1 saturated heterocycles. The summed E-state index contributed by atoms with van der Waals surface area (Å²) in [7, 11) is 0. The maximum Gasteiger partial charge on any atom is 0.335 e. The van der Waals surface area contributed by atoms with Crippen molar-refractivity contribution in [3.8, 4) is 0 Å². The molecule has 0 saturated carbocycles. The molecule has 0 aromatic carbocycles. The smallest absolute Gasteiger partial charge is 0.335 e. The molecule has 3 N–H and O–H groups in total. The van der Waals surface area contributed by atoms with Crippen LogP contribution in [0.25, 0.3) is 0 Å². The summed E-state index contributed by atoms with van der Waals surface area (Å²) in [6, 6.07) is 0. The van der Waals surface area contributed by atoms with Gasteiger partial charge in [0.25, 0.3) is 0 Å². The normalized spacial score (nSPS) is 36.1. The fourth-order valence-electron chi connectivity index (χ4n) is 1.43. The van der Waals surface area contributed by atoms with Crippen LogP contribution in [0, 0.1) is 0 Å². The van der Waals surface area contributed by atoms with Crippen molar-refractivity contribution in [3.63, 3.8) is 0 Å². The highest BCUT2D eigenvalue weighted by Gasteiger charge is 2.40. The number of hydrogen-bond acceptors (Lipinski definition) is 4. The molecular weight excluding hydrogens is 214 g/mol. The number of rotatable bonds is 2. The van der Waals surface area contributed by atoms with Crippen molar-refractivity contribution in [1.82, 2.24) is 5.32 Å². The fraction of sp³-hybridized carbons (Fsp3) is 0.800. The quantitative estimate of drug-likeness (QED) is 0.596. The van der Waals surface area contributed by atoms with E-state index >= 15 is 0 Å². The second-order valence-corrected chi connectivity index (χ2v) is 4.59. The lowest BCUT2D eigenvalue weighted by atomic mass is 9.95. The lowest BCUT2D eigenvalue weighted by Gasteiger charge is -2.36. The van der Waals surface area contributed by atoms with E-state index in [1.165, 1.54) is 6.92 Å². The number of amides is 1. The van der Waals surface area contributed by atoms with Gasteiger partial charge in [-0.25, -0.2) is 4.79 Å². The molecule has 6 heteroatoms. The van der Waals surface area contributed by atoms with Gasteiger partial charge in [0, 0.05) is 6.42 Å². The van der Waals surface area contributed by atoms with Gasteiger partial charge >= 0.3 is 5.97 Å². The Morgan fingerprint density at radius 1 is 1.56 bits per heavy atom. The number of aliphatic hydroxyl groups is 1. The number of nitrogens with one attached hydrogen (secondary N) is 1. The molecule has 16 heavy (non-hydrogen) atoms. The van der Waals surface area contributed by atoms with Crippen molar-refractivity contribution in [3.05, 3.63) is 0 Å². The van der Waals surface area contributed by atoms with Crippen LogP contribution in [0.3, 0.4) is 0 Å². The molecule has 2 unspecified atom stereocenters. The highest BCUT2D eigenvalue weighted by Crippen LogP contribution is 2.23. The summed E-state index contributed by atoms with van der Waals surface area (Å²) in [5, 5.41) is 20.8. The van der Waals surface area contributed by atoms with Crippen molar-refractivity contribution in [2.45, 2.75) is 37.8 Å². The molecule has 1 fully saturated rings. The number of aliphatic carboxylic acids is 1. The Morgan fingerprint density at radius 3 is 2.69 bits per heavy atom. The number of carboxylic acids is 1. The minimum atomic E-state index is -1.37. The number of carbonyl (C=O) groups excluding carboxylic acids is 1. The third kappa shape index (κ3) is 2.70. The predicted molar refractivity (Wildman–Crippen MR) is 54.9 cm³/mol. The Bertz CT molecular complexity index is 306. The molecule has 0 radical (unpaired) electrons. The highest BCUT2D eigenvalue weighted by atomic mass is 16.5. The summed E-state index contributed by atoms with van der Waals surface area (Å²) in [6.45, 7) is 2.72. The van der Waals surface area contributed by atoms with Crippen LogP contribution < -0.4 is 5.32 Å². The van der Waals surface area contributed by atoms with E-state index in [0.29, 0.717) is 0 Å². The van der Waals surface area contributed by atoms with E-state index < -0.39 is 17.1 Å². The van der Waals surface area contributed by atoms with Crippen LogP contribution in [0.4, 0.5) is 0 Å². The Hall–Kier alpha value is -1.14. The molecular formula is C10H17NO5. The van der Waals surface area contributed by atoms with Crippen LogP contribution in [-0.4, -0.2) is 46.4 Å². The Labute approximate surface area is 93.6 Å². The van der Waals surface area contributed by atoms with Crippen LogP contribution >= 0.6 is 0 Å². The average molecular weight is 231 g/mol. The first-order chi connectivity index (χ1) is 7.31. The molecule has 0 aromatic heterocycles. The van der Waals surface area contributed by atoms with E-state index in [4.69, 9.17) is 14.9 Å². The molecule has 1 heterocycles. The largest absolute Gasteiger partial charge is 0.479 e. The Kier molecular flexibility index (Phi) is 3.54. The Balaban J connectivity index is 2.85. The number of aliphatic hydroxyl groups excluding tert-OH is 1. The van der Waals surface area contributed by atoms with Crippen LogP contribution in [0.5, 0.6) is 0 Å². The lowest BCUT2D eigenvalue weighted by molar-refractivity contribution is -0.170. The first-order valence-corrected chi connectivity index (χ1v) is 5.11. The average Bonchev–Trinajstić information content (AvgIpc) is 2.22. The summed E-state index contributed by atoms with van der Waals surface area (Å²) >= 11 is 0. The molecule has 0 aliphatic carbocycles. The fourth-order valence-corrected chi connectivity index (χ4v) is 1.43. The van der Waals surface area contributed by atoms with E-state index in [0.717, 1.165) is 0 Å². The SMILES string of the molecule is CC1(CO)COC(C)(C(=O)O)CCC(=O)N1. The predicted octanol–water partition coefficient (Wildman–Crippen LogP) is -0.493. The van der Waals surface area contributed by atoms with Gasteiger partial charge in [0.15, 0.2) is 5.60 Å². The monoisotopic (exact) mass is 231 g/mol. The van der Waals surface area contributed by atoms with E-state index in [-0.39, 0.29) is 32.0 Å². The second kappa shape index (κ2) is 4.39. The zero-order valence-electron chi connectivity index (χ0n) is 9.45. The highest BCUT2D eigenvalue weighted by molar-refractivity contribution is 5.81. The lowest BCUT2D eigenvalue weighted by Crippen LogP contribution is -2.57. The van der Waals surface area contributed by atoms with Gasteiger partial charge in [0.1, 0.15) is 0 Å². The Morgan fingerprint density at radius 2 is 2.19 bits per heavy atom. The van der Waals surface area contributed by atoms with Gasteiger partial charge in [-0.1, -0.05) is 0 Å².